The summed E-state index contributed by atoms with van der Waals surface area (Å²) in [7, 11) is 0. The normalized spacial score (nSPS) is 13.6. The Bertz CT molecular complexity index is 433. The number of hydrogen-bond acceptors (Lipinski definition) is 2. The quantitative estimate of drug-likeness (QED) is 0.780. The Morgan fingerprint density at radius 2 is 2.00 bits per heavy atom. The minimum Gasteiger partial charge on any atom is -0.328 e. The van der Waals surface area contributed by atoms with Gasteiger partial charge in [-0.25, -0.2) is 0 Å². The first-order valence-corrected chi connectivity index (χ1v) is 7.19. The van der Waals surface area contributed by atoms with Crippen LogP contribution in [0.1, 0.15) is 30.9 Å². The predicted molar refractivity (Wildman–Crippen MR) is 74.7 cm³/mol. The summed E-state index contributed by atoms with van der Waals surface area (Å²) in [6.45, 7) is 3.63. The van der Waals surface area contributed by atoms with Gasteiger partial charge in [0.05, 0.1) is 5.02 Å². The zero-order valence-corrected chi connectivity index (χ0v) is 12.4. The summed E-state index contributed by atoms with van der Waals surface area (Å²) in [5, 5.41) is 0.179. The highest BCUT2D eigenvalue weighted by Crippen LogP contribution is 2.41. The van der Waals surface area contributed by atoms with E-state index in [1.165, 1.54) is 6.07 Å². The fourth-order valence-electron chi connectivity index (χ4n) is 1.78. The van der Waals surface area contributed by atoms with E-state index in [2.05, 4.69) is 0 Å². The Morgan fingerprint density at radius 3 is 2.53 bits per heavy atom. The van der Waals surface area contributed by atoms with Gasteiger partial charge in [0.15, 0.2) is 0 Å². The van der Waals surface area contributed by atoms with Crippen LogP contribution in [0.4, 0.5) is 13.2 Å². The molecule has 0 saturated heterocycles. The van der Waals surface area contributed by atoms with Crippen molar-refractivity contribution in [3.05, 3.63) is 28.3 Å². The van der Waals surface area contributed by atoms with Crippen LogP contribution in [0.5, 0.6) is 0 Å². The third-order valence-corrected chi connectivity index (χ3v) is 4.02. The van der Waals surface area contributed by atoms with Crippen LogP contribution >= 0.6 is 23.4 Å². The van der Waals surface area contributed by atoms with Crippen LogP contribution in [0.15, 0.2) is 17.0 Å². The zero-order valence-electron chi connectivity index (χ0n) is 10.9. The maximum Gasteiger partial charge on any atom is 0.446 e. The molecule has 2 N–H and O–H groups in total. The molecule has 0 spiro atoms. The van der Waals surface area contributed by atoms with Crippen LogP contribution in [0.25, 0.3) is 0 Å². The van der Waals surface area contributed by atoms with Gasteiger partial charge in [0.1, 0.15) is 0 Å². The van der Waals surface area contributed by atoms with Crippen LogP contribution in [-0.4, -0.2) is 11.6 Å². The third kappa shape index (κ3) is 6.06. The average Bonchev–Trinajstić information content (AvgIpc) is 2.22. The van der Waals surface area contributed by atoms with E-state index in [-0.39, 0.29) is 27.7 Å². The summed E-state index contributed by atoms with van der Waals surface area (Å²) < 4.78 is 37.3. The van der Waals surface area contributed by atoms with Crippen molar-refractivity contribution in [3.63, 3.8) is 0 Å². The first kappa shape index (κ1) is 16.7. The third-order valence-electron chi connectivity index (χ3n) is 2.63. The molecular formula is C13H17ClF3NS. The maximum atomic E-state index is 12.4. The molecule has 108 valence electrons. The molecule has 1 atom stereocenters. The molecule has 6 heteroatoms. The molecule has 1 nitrogen and oxygen atoms in total. The molecule has 1 aromatic rings. The summed E-state index contributed by atoms with van der Waals surface area (Å²) in [6, 6.07) is 3.47. The van der Waals surface area contributed by atoms with Crippen molar-refractivity contribution in [1.82, 2.24) is 0 Å². The highest BCUT2D eigenvalue weighted by Gasteiger charge is 2.30. The van der Waals surface area contributed by atoms with Gasteiger partial charge in [0.2, 0.25) is 0 Å². The Kier molecular flexibility index (Phi) is 6.02. The van der Waals surface area contributed by atoms with Crippen molar-refractivity contribution in [1.29, 1.82) is 0 Å². The largest absolute Gasteiger partial charge is 0.446 e. The van der Waals surface area contributed by atoms with Gasteiger partial charge in [-0.1, -0.05) is 17.7 Å². The molecule has 0 aliphatic carbocycles. The molecule has 0 bridgehead atoms. The van der Waals surface area contributed by atoms with E-state index < -0.39 is 5.51 Å². The molecule has 19 heavy (non-hydrogen) atoms. The number of nitrogens with two attached hydrogens (primary N) is 1. The highest BCUT2D eigenvalue weighted by atomic mass is 35.5. The van der Waals surface area contributed by atoms with Crippen LogP contribution in [0.2, 0.25) is 5.02 Å². The zero-order chi connectivity index (χ0) is 14.6. The Balaban J connectivity index is 2.84. The topological polar surface area (TPSA) is 26.0 Å². The van der Waals surface area contributed by atoms with E-state index in [0.717, 1.165) is 18.4 Å². The average molecular weight is 312 g/mol. The molecule has 0 amide bonds. The lowest BCUT2D eigenvalue weighted by molar-refractivity contribution is -0.0328. The molecule has 0 fully saturated rings. The summed E-state index contributed by atoms with van der Waals surface area (Å²) in [6.07, 6.45) is 2.42. The second-order valence-corrected chi connectivity index (χ2v) is 6.13. The van der Waals surface area contributed by atoms with Crippen molar-refractivity contribution in [2.75, 3.05) is 0 Å². The lowest BCUT2D eigenvalue weighted by Crippen LogP contribution is -2.14. The van der Waals surface area contributed by atoms with E-state index in [1.54, 1.807) is 6.92 Å². The number of aryl methyl sites for hydroxylation is 2. The molecule has 0 aromatic heterocycles. The fraction of sp³-hybridized carbons (Fsp3) is 0.538. The smallest absolute Gasteiger partial charge is 0.328 e. The SMILES string of the molecule is Cc1cc(CCC[C@H](C)N)cc(SC(F)(F)F)c1Cl. The van der Waals surface area contributed by atoms with E-state index >= 15 is 0 Å². The van der Waals surface area contributed by atoms with Crippen molar-refractivity contribution < 1.29 is 13.2 Å². The van der Waals surface area contributed by atoms with Crippen LogP contribution in [0, 0.1) is 6.92 Å². The summed E-state index contributed by atoms with van der Waals surface area (Å²) >= 11 is 5.75. The van der Waals surface area contributed by atoms with Gasteiger partial charge in [0.25, 0.3) is 0 Å². The second-order valence-electron chi connectivity index (χ2n) is 4.64. The lowest BCUT2D eigenvalue weighted by Gasteiger charge is -2.12. The maximum absolute atomic E-state index is 12.4. The summed E-state index contributed by atoms with van der Waals surface area (Å²) in [5.41, 5.74) is 2.87. The fourth-order valence-corrected chi connectivity index (χ4v) is 2.72. The van der Waals surface area contributed by atoms with E-state index in [4.69, 9.17) is 17.3 Å². The van der Waals surface area contributed by atoms with Gasteiger partial charge >= 0.3 is 5.51 Å². The van der Waals surface area contributed by atoms with E-state index in [1.807, 2.05) is 13.0 Å². The first-order chi connectivity index (χ1) is 8.69. The van der Waals surface area contributed by atoms with E-state index in [9.17, 15) is 13.2 Å². The van der Waals surface area contributed by atoms with Gasteiger partial charge < -0.3 is 5.73 Å². The van der Waals surface area contributed by atoms with Crippen LogP contribution in [-0.2, 0) is 6.42 Å². The monoisotopic (exact) mass is 311 g/mol. The van der Waals surface area contributed by atoms with Gasteiger partial charge in [-0.3, -0.25) is 0 Å². The molecule has 0 radical (unpaired) electrons. The summed E-state index contributed by atoms with van der Waals surface area (Å²) in [4.78, 5) is 0.0740. The molecule has 1 rings (SSSR count). The minimum absolute atomic E-state index is 0.0740. The molecule has 0 heterocycles. The number of rotatable bonds is 5. The number of alkyl halides is 3. The van der Waals surface area contributed by atoms with Gasteiger partial charge in [0, 0.05) is 10.9 Å². The highest BCUT2D eigenvalue weighted by molar-refractivity contribution is 8.00. The van der Waals surface area contributed by atoms with Crippen LogP contribution in [0.3, 0.4) is 0 Å². The number of benzene rings is 1. The van der Waals surface area contributed by atoms with Gasteiger partial charge in [-0.05, 0) is 62.1 Å². The molecule has 1 aromatic carbocycles. The van der Waals surface area contributed by atoms with Crippen molar-refractivity contribution in [2.45, 2.75) is 49.6 Å². The van der Waals surface area contributed by atoms with Crippen molar-refractivity contribution in [2.24, 2.45) is 5.73 Å². The second kappa shape index (κ2) is 6.86. The minimum atomic E-state index is -4.32. The Morgan fingerprint density at radius 1 is 1.37 bits per heavy atom. The Hall–Kier alpha value is -0.390. The Labute approximate surface area is 120 Å². The molecule has 0 saturated carbocycles. The number of thioether (sulfide) groups is 1. The summed E-state index contributed by atoms with van der Waals surface area (Å²) in [5.74, 6) is 0. The molecule has 0 aliphatic rings. The standard InChI is InChI=1S/C13H17ClF3NS/c1-8-6-10(5-3-4-9(2)18)7-11(12(8)14)19-13(15,16)17/h6-7,9H,3-5,18H2,1-2H3/t9-/m0/s1. The number of halogens is 4. The van der Waals surface area contributed by atoms with Gasteiger partial charge in [-0.15, -0.1) is 0 Å². The lowest BCUT2D eigenvalue weighted by atomic mass is 10.0. The molecule has 0 aliphatic heterocycles. The first-order valence-electron chi connectivity index (χ1n) is 5.99. The van der Waals surface area contributed by atoms with Gasteiger partial charge in [-0.2, -0.15) is 13.2 Å². The molecular weight excluding hydrogens is 295 g/mol. The van der Waals surface area contributed by atoms with Crippen molar-refractivity contribution in [3.8, 4) is 0 Å². The predicted octanol–water partition coefficient (Wildman–Crippen LogP) is 4.93. The molecule has 0 unspecified atom stereocenters. The van der Waals surface area contributed by atoms with E-state index in [0.29, 0.717) is 12.0 Å². The number of hydrogen-bond donors (Lipinski definition) is 1. The van der Waals surface area contributed by atoms with Crippen LogP contribution < -0.4 is 5.73 Å². The van der Waals surface area contributed by atoms with Crippen molar-refractivity contribution >= 4 is 23.4 Å².